The molecule has 3 N–H and O–H groups in total. The summed E-state index contributed by atoms with van der Waals surface area (Å²) in [6.45, 7) is 1.81. The minimum atomic E-state index is -0.263. The second kappa shape index (κ2) is 8.34. The van der Waals surface area contributed by atoms with E-state index in [1.54, 1.807) is 12.1 Å². The van der Waals surface area contributed by atoms with Gasteiger partial charge in [-0.05, 0) is 37.1 Å². The maximum Gasteiger partial charge on any atom is 0.269 e. The van der Waals surface area contributed by atoms with E-state index in [2.05, 4.69) is 36.0 Å². The van der Waals surface area contributed by atoms with Crippen molar-refractivity contribution in [1.82, 2.24) is 20.4 Å². The lowest BCUT2D eigenvalue weighted by atomic mass is 10.2. The van der Waals surface area contributed by atoms with Gasteiger partial charge in [0.15, 0.2) is 0 Å². The Morgan fingerprint density at radius 2 is 1.46 bits per heavy atom. The van der Waals surface area contributed by atoms with E-state index in [-0.39, 0.29) is 11.9 Å². The van der Waals surface area contributed by atoms with Gasteiger partial charge < -0.3 is 10.2 Å². The Balaban J connectivity index is 1.54. The molecule has 2 aromatic carbocycles. The maximum atomic E-state index is 12.3. The number of amides is 1. The van der Waals surface area contributed by atoms with Crippen molar-refractivity contribution in [2.45, 2.75) is 12.8 Å². The zero-order valence-corrected chi connectivity index (χ0v) is 15.3. The SMILES string of the molecule is O=C(NNc1nc(Nc2ccccc2)nc(N2CCCC2)n1)c1ccccc1. The van der Waals surface area contributed by atoms with Crippen LogP contribution in [0.3, 0.4) is 0 Å². The van der Waals surface area contributed by atoms with Gasteiger partial charge in [-0.3, -0.25) is 15.6 Å². The van der Waals surface area contributed by atoms with Crippen LogP contribution >= 0.6 is 0 Å². The van der Waals surface area contributed by atoms with Crippen LogP contribution in [0.2, 0.25) is 0 Å². The van der Waals surface area contributed by atoms with Crippen LogP contribution in [-0.2, 0) is 0 Å². The highest BCUT2D eigenvalue weighted by molar-refractivity contribution is 5.94. The van der Waals surface area contributed by atoms with Gasteiger partial charge in [-0.25, -0.2) is 0 Å². The first-order valence-corrected chi connectivity index (χ1v) is 9.22. The highest BCUT2D eigenvalue weighted by Crippen LogP contribution is 2.20. The highest BCUT2D eigenvalue weighted by atomic mass is 16.2. The third kappa shape index (κ3) is 4.35. The van der Waals surface area contributed by atoms with Crippen LogP contribution in [0.5, 0.6) is 0 Å². The average molecular weight is 375 g/mol. The number of carbonyl (C=O) groups excluding carboxylic acids is 1. The van der Waals surface area contributed by atoms with Gasteiger partial charge in [0.1, 0.15) is 0 Å². The number of hydrogen-bond donors (Lipinski definition) is 3. The summed E-state index contributed by atoms with van der Waals surface area (Å²) in [6, 6.07) is 18.6. The van der Waals surface area contributed by atoms with Crippen LogP contribution < -0.4 is 21.1 Å². The number of rotatable bonds is 6. The number of hydrazine groups is 1. The summed E-state index contributed by atoms with van der Waals surface area (Å²) in [5.74, 6) is 1.02. The van der Waals surface area contributed by atoms with Crippen molar-refractivity contribution >= 4 is 29.4 Å². The standard InChI is InChI=1S/C20H21N7O/c28-17(15-9-3-1-4-10-15)25-26-19-22-18(21-16-11-5-2-6-12-16)23-20(24-19)27-13-7-8-14-27/h1-6,9-12H,7-8,13-14H2,(H,25,28)(H2,21,22,23,24,26). The van der Waals surface area contributed by atoms with E-state index in [0.29, 0.717) is 17.5 Å². The second-order valence-corrected chi connectivity index (χ2v) is 6.41. The topological polar surface area (TPSA) is 95.1 Å². The van der Waals surface area contributed by atoms with Gasteiger partial charge in [0.25, 0.3) is 5.91 Å². The summed E-state index contributed by atoms with van der Waals surface area (Å²) in [6.07, 6.45) is 2.22. The van der Waals surface area contributed by atoms with Crippen molar-refractivity contribution in [3.63, 3.8) is 0 Å². The van der Waals surface area contributed by atoms with E-state index in [1.807, 2.05) is 48.5 Å². The Bertz CT molecular complexity index is 928. The molecule has 8 nitrogen and oxygen atoms in total. The van der Waals surface area contributed by atoms with Gasteiger partial charge in [0, 0.05) is 24.3 Å². The minimum Gasteiger partial charge on any atom is -0.341 e. The largest absolute Gasteiger partial charge is 0.341 e. The first kappa shape index (κ1) is 17.7. The van der Waals surface area contributed by atoms with Crippen LogP contribution in [0.4, 0.5) is 23.5 Å². The van der Waals surface area contributed by atoms with E-state index in [1.165, 1.54) is 0 Å². The van der Waals surface area contributed by atoms with Crippen molar-refractivity contribution in [3.05, 3.63) is 66.2 Å². The fourth-order valence-electron chi connectivity index (χ4n) is 2.96. The summed E-state index contributed by atoms with van der Waals surface area (Å²) in [5.41, 5.74) is 6.86. The maximum absolute atomic E-state index is 12.3. The van der Waals surface area contributed by atoms with Gasteiger partial charge in [0.05, 0.1) is 0 Å². The summed E-state index contributed by atoms with van der Waals surface area (Å²) in [4.78, 5) is 27.8. The molecule has 1 aliphatic rings. The van der Waals surface area contributed by atoms with E-state index >= 15 is 0 Å². The number of nitrogens with zero attached hydrogens (tertiary/aromatic N) is 4. The molecule has 3 aromatic rings. The quantitative estimate of drug-likeness (QED) is 0.570. The lowest BCUT2D eigenvalue weighted by Crippen LogP contribution is -2.31. The summed E-state index contributed by atoms with van der Waals surface area (Å²) in [5, 5.41) is 3.19. The molecule has 1 amide bonds. The number of aromatic nitrogens is 3. The molecule has 0 atom stereocenters. The fraction of sp³-hybridized carbons (Fsp3) is 0.200. The number of benzene rings is 2. The minimum absolute atomic E-state index is 0.263. The zero-order chi connectivity index (χ0) is 19.2. The molecule has 1 saturated heterocycles. The molecule has 0 saturated carbocycles. The Labute approximate surface area is 163 Å². The number of nitrogens with one attached hydrogen (secondary N) is 3. The first-order valence-electron chi connectivity index (χ1n) is 9.22. The molecule has 1 aromatic heterocycles. The van der Waals surface area contributed by atoms with Crippen molar-refractivity contribution in [1.29, 1.82) is 0 Å². The lowest BCUT2D eigenvalue weighted by Gasteiger charge is -2.17. The first-order chi connectivity index (χ1) is 13.8. The molecule has 1 fully saturated rings. The van der Waals surface area contributed by atoms with E-state index in [4.69, 9.17) is 0 Å². The van der Waals surface area contributed by atoms with Gasteiger partial charge in [-0.1, -0.05) is 36.4 Å². The Kier molecular flexibility index (Phi) is 5.28. The molecule has 0 bridgehead atoms. The molecule has 8 heteroatoms. The van der Waals surface area contributed by atoms with Gasteiger partial charge in [0.2, 0.25) is 17.8 Å². The van der Waals surface area contributed by atoms with E-state index in [9.17, 15) is 4.79 Å². The number of hydrogen-bond acceptors (Lipinski definition) is 7. The normalized spacial score (nSPS) is 13.2. The molecule has 28 heavy (non-hydrogen) atoms. The fourth-order valence-corrected chi connectivity index (χ4v) is 2.96. The van der Waals surface area contributed by atoms with Crippen LogP contribution in [0, 0.1) is 0 Å². The molecule has 0 spiro atoms. The predicted molar refractivity (Wildman–Crippen MR) is 109 cm³/mol. The monoisotopic (exact) mass is 375 g/mol. The number of carbonyl (C=O) groups is 1. The average Bonchev–Trinajstić information content (AvgIpc) is 3.28. The molecule has 142 valence electrons. The lowest BCUT2D eigenvalue weighted by molar-refractivity contribution is 0.0962. The Morgan fingerprint density at radius 1 is 0.821 bits per heavy atom. The summed E-state index contributed by atoms with van der Waals surface area (Å²) < 4.78 is 0. The van der Waals surface area contributed by atoms with E-state index < -0.39 is 0 Å². The predicted octanol–water partition coefficient (Wildman–Crippen LogP) is 2.97. The van der Waals surface area contributed by atoms with Gasteiger partial charge in [-0.15, -0.1) is 0 Å². The third-order valence-electron chi connectivity index (χ3n) is 4.37. The van der Waals surface area contributed by atoms with Gasteiger partial charge >= 0.3 is 0 Å². The molecule has 0 aliphatic carbocycles. The van der Waals surface area contributed by atoms with Crippen LogP contribution in [0.25, 0.3) is 0 Å². The molecule has 2 heterocycles. The van der Waals surface area contributed by atoms with Crippen molar-refractivity contribution in [2.75, 3.05) is 28.7 Å². The molecule has 0 unspecified atom stereocenters. The number of para-hydroxylation sites is 1. The zero-order valence-electron chi connectivity index (χ0n) is 15.3. The summed E-state index contributed by atoms with van der Waals surface area (Å²) in [7, 11) is 0. The number of anilines is 4. The Hall–Kier alpha value is -3.68. The van der Waals surface area contributed by atoms with Crippen molar-refractivity contribution in [2.24, 2.45) is 0 Å². The third-order valence-corrected chi connectivity index (χ3v) is 4.37. The van der Waals surface area contributed by atoms with Crippen molar-refractivity contribution < 1.29 is 4.79 Å². The summed E-state index contributed by atoms with van der Waals surface area (Å²) >= 11 is 0. The highest BCUT2D eigenvalue weighted by Gasteiger charge is 2.18. The van der Waals surface area contributed by atoms with Crippen LogP contribution in [0.1, 0.15) is 23.2 Å². The molecule has 0 radical (unpaired) electrons. The molecular formula is C20H21N7O. The van der Waals surface area contributed by atoms with Crippen LogP contribution in [0.15, 0.2) is 60.7 Å². The smallest absolute Gasteiger partial charge is 0.269 e. The Morgan fingerprint density at radius 3 is 2.18 bits per heavy atom. The molecule has 4 rings (SSSR count). The van der Waals surface area contributed by atoms with Crippen molar-refractivity contribution in [3.8, 4) is 0 Å². The van der Waals surface area contributed by atoms with Crippen LogP contribution in [-0.4, -0.2) is 33.9 Å². The van der Waals surface area contributed by atoms with Gasteiger partial charge in [-0.2, -0.15) is 15.0 Å². The second-order valence-electron chi connectivity index (χ2n) is 6.41. The van der Waals surface area contributed by atoms with E-state index in [0.717, 1.165) is 31.6 Å². The molecule has 1 aliphatic heterocycles. The molecular weight excluding hydrogens is 354 g/mol.